The van der Waals surface area contributed by atoms with E-state index in [-0.39, 0.29) is 16.5 Å². The minimum atomic E-state index is -0.777. The zero-order chi connectivity index (χ0) is 15.6. The van der Waals surface area contributed by atoms with Gasteiger partial charge in [0.25, 0.3) is 5.69 Å². The number of nitro benzene ring substituents is 2. The molecule has 0 heterocycles. The van der Waals surface area contributed by atoms with E-state index in [2.05, 4.69) is 0 Å². The van der Waals surface area contributed by atoms with E-state index in [0.29, 0.717) is 5.02 Å². The van der Waals surface area contributed by atoms with E-state index in [0.717, 1.165) is 18.2 Å². The molecule has 0 saturated carbocycles. The van der Waals surface area contributed by atoms with Crippen molar-refractivity contribution in [2.24, 2.45) is 0 Å². The smallest absolute Gasteiger partial charge is 0.318 e. The zero-order valence-corrected chi connectivity index (χ0v) is 11.7. The van der Waals surface area contributed by atoms with E-state index in [1.807, 2.05) is 0 Å². The summed E-state index contributed by atoms with van der Waals surface area (Å²) >= 11 is 11.7. The Hall–Kier alpha value is -2.38. The fourth-order valence-corrected chi connectivity index (χ4v) is 1.84. The van der Waals surface area contributed by atoms with Gasteiger partial charge in [0.2, 0.25) is 5.75 Å². The maximum Gasteiger partial charge on any atom is 0.318 e. The molecule has 0 spiro atoms. The highest BCUT2D eigenvalue weighted by Crippen LogP contribution is 2.37. The highest BCUT2D eigenvalue weighted by atomic mass is 35.5. The fraction of sp³-hybridized carbons (Fsp3) is 0. The monoisotopic (exact) mass is 328 g/mol. The highest BCUT2D eigenvalue weighted by molar-refractivity contribution is 6.34. The van der Waals surface area contributed by atoms with Crippen LogP contribution in [0.25, 0.3) is 0 Å². The largest absolute Gasteiger partial charge is 0.448 e. The molecule has 0 N–H and O–H groups in total. The molecule has 2 aromatic rings. The van der Waals surface area contributed by atoms with Crippen molar-refractivity contribution in [3.05, 3.63) is 66.7 Å². The Morgan fingerprint density at radius 2 is 1.62 bits per heavy atom. The van der Waals surface area contributed by atoms with Crippen molar-refractivity contribution >= 4 is 34.6 Å². The van der Waals surface area contributed by atoms with Gasteiger partial charge in [-0.25, -0.2) is 0 Å². The van der Waals surface area contributed by atoms with Gasteiger partial charge in [0, 0.05) is 17.2 Å². The highest BCUT2D eigenvalue weighted by Gasteiger charge is 2.21. The van der Waals surface area contributed by atoms with Gasteiger partial charge in [0.1, 0.15) is 5.75 Å². The van der Waals surface area contributed by atoms with Crippen LogP contribution in [0.2, 0.25) is 10.0 Å². The average Bonchev–Trinajstić information content (AvgIpc) is 2.42. The minimum absolute atomic E-state index is 0.112. The van der Waals surface area contributed by atoms with Crippen LogP contribution in [0.15, 0.2) is 36.4 Å². The van der Waals surface area contributed by atoms with Crippen LogP contribution < -0.4 is 4.74 Å². The molecule has 0 atom stereocenters. The lowest BCUT2D eigenvalue weighted by Crippen LogP contribution is -1.96. The van der Waals surface area contributed by atoms with Crippen LogP contribution in [0.1, 0.15) is 0 Å². The molecule has 0 radical (unpaired) electrons. The van der Waals surface area contributed by atoms with Crippen LogP contribution in [-0.4, -0.2) is 9.85 Å². The number of rotatable bonds is 4. The van der Waals surface area contributed by atoms with Crippen molar-refractivity contribution in [1.82, 2.24) is 0 Å². The predicted molar refractivity (Wildman–Crippen MR) is 76.3 cm³/mol. The van der Waals surface area contributed by atoms with Crippen molar-refractivity contribution in [3.8, 4) is 11.5 Å². The second-order valence-electron chi connectivity index (χ2n) is 3.84. The normalized spacial score (nSPS) is 10.2. The van der Waals surface area contributed by atoms with Gasteiger partial charge in [-0.2, -0.15) is 0 Å². The predicted octanol–water partition coefficient (Wildman–Crippen LogP) is 4.60. The molecule has 0 aromatic heterocycles. The number of hydrogen-bond acceptors (Lipinski definition) is 5. The number of ether oxygens (including phenoxy) is 1. The Kier molecular flexibility index (Phi) is 4.25. The van der Waals surface area contributed by atoms with Gasteiger partial charge in [-0.15, -0.1) is 0 Å². The third-order valence-corrected chi connectivity index (χ3v) is 3.01. The van der Waals surface area contributed by atoms with Gasteiger partial charge in [0.15, 0.2) is 0 Å². The SMILES string of the molecule is O=[N+]([O-])c1ccc(Oc2cc(Cl)ccc2Cl)c([N+](=O)[O-])c1. The number of nitro groups is 2. The van der Waals surface area contributed by atoms with Crippen LogP contribution in [0, 0.1) is 20.2 Å². The summed E-state index contributed by atoms with van der Waals surface area (Å²) in [4.78, 5) is 20.1. The number of nitrogens with zero attached hydrogens (tertiary/aromatic N) is 2. The summed E-state index contributed by atoms with van der Waals surface area (Å²) < 4.78 is 5.34. The summed E-state index contributed by atoms with van der Waals surface area (Å²) in [6.45, 7) is 0. The van der Waals surface area contributed by atoms with Crippen LogP contribution in [-0.2, 0) is 0 Å². The molecule has 7 nitrogen and oxygen atoms in total. The number of benzene rings is 2. The van der Waals surface area contributed by atoms with Gasteiger partial charge in [0.05, 0.1) is 20.9 Å². The third-order valence-electron chi connectivity index (χ3n) is 2.46. The maximum absolute atomic E-state index is 11.0. The molecule has 0 aliphatic heterocycles. The number of hydrogen-bond donors (Lipinski definition) is 0. The lowest BCUT2D eigenvalue weighted by Gasteiger charge is -2.08. The van der Waals surface area contributed by atoms with Gasteiger partial charge in [-0.3, -0.25) is 20.2 Å². The van der Waals surface area contributed by atoms with E-state index in [1.54, 1.807) is 0 Å². The van der Waals surface area contributed by atoms with Crippen molar-refractivity contribution in [1.29, 1.82) is 0 Å². The first-order valence-corrected chi connectivity index (χ1v) is 6.20. The van der Waals surface area contributed by atoms with Gasteiger partial charge >= 0.3 is 5.69 Å². The molecule has 21 heavy (non-hydrogen) atoms. The second kappa shape index (κ2) is 5.94. The Balaban J connectivity index is 2.46. The summed E-state index contributed by atoms with van der Waals surface area (Å²) in [7, 11) is 0. The molecule has 0 amide bonds. The van der Waals surface area contributed by atoms with E-state index < -0.39 is 21.2 Å². The molecule has 0 saturated heterocycles. The topological polar surface area (TPSA) is 95.5 Å². The van der Waals surface area contributed by atoms with E-state index in [1.165, 1.54) is 18.2 Å². The molecule has 0 aliphatic rings. The van der Waals surface area contributed by atoms with Crippen molar-refractivity contribution in [2.75, 3.05) is 0 Å². The second-order valence-corrected chi connectivity index (χ2v) is 4.69. The Morgan fingerprint density at radius 3 is 2.24 bits per heavy atom. The Labute approximate surface area is 128 Å². The molecule has 0 bridgehead atoms. The molecular weight excluding hydrogens is 323 g/mol. The fourth-order valence-electron chi connectivity index (χ4n) is 1.52. The lowest BCUT2D eigenvalue weighted by atomic mass is 10.2. The molecule has 0 unspecified atom stereocenters. The lowest BCUT2D eigenvalue weighted by molar-refractivity contribution is -0.394. The Morgan fingerprint density at radius 1 is 0.905 bits per heavy atom. The first-order valence-electron chi connectivity index (χ1n) is 5.44. The van der Waals surface area contributed by atoms with E-state index in [4.69, 9.17) is 27.9 Å². The molecule has 2 aromatic carbocycles. The van der Waals surface area contributed by atoms with Gasteiger partial charge in [-0.1, -0.05) is 23.2 Å². The quantitative estimate of drug-likeness (QED) is 0.603. The summed E-state index contributed by atoms with van der Waals surface area (Å²) in [6.07, 6.45) is 0. The van der Waals surface area contributed by atoms with Crippen LogP contribution in [0.3, 0.4) is 0 Å². The molecule has 2 rings (SSSR count). The van der Waals surface area contributed by atoms with Crippen LogP contribution >= 0.6 is 23.2 Å². The summed E-state index contributed by atoms with van der Waals surface area (Å²) in [5, 5.41) is 22.2. The average molecular weight is 329 g/mol. The van der Waals surface area contributed by atoms with Gasteiger partial charge < -0.3 is 4.74 Å². The number of non-ortho nitro benzene ring substituents is 1. The molecular formula is C12H6Cl2N2O5. The van der Waals surface area contributed by atoms with E-state index >= 15 is 0 Å². The standard InChI is InChI=1S/C12H6Cl2N2O5/c13-7-1-3-9(14)12(5-7)21-11-4-2-8(15(17)18)6-10(11)16(19)20/h1-6H. The zero-order valence-electron chi connectivity index (χ0n) is 10.2. The van der Waals surface area contributed by atoms with E-state index in [9.17, 15) is 20.2 Å². The minimum Gasteiger partial charge on any atom is -0.448 e. The van der Waals surface area contributed by atoms with Crippen LogP contribution in [0.4, 0.5) is 11.4 Å². The molecule has 108 valence electrons. The number of halogens is 2. The first kappa shape index (κ1) is 15.0. The van der Waals surface area contributed by atoms with Crippen molar-refractivity contribution < 1.29 is 14.6 Å². The Bertz CT molecular complexity index is 736. The third kappa shape index (κ3) is 3.39. The van der Waals surface area contributed by atoms with Crippen molar-refractivity contribution in [2.45, 2.75) is 0 Å². The summed E-state index contributed by atoms with van der Waals surface area (Å²) in [5.41, 5.74) is -0.952. The molecule has 0 fully saturated rings. The summed E-state index contributed by atoms with van der Waals surface area (Å²) in [6, 6.07) is 7.43. The molecule has 9 heteroatoms. The first-order chi connectivity index (χ1) is 9.88. The molecule has 0 aliphatic carbocycles. The summed E-state index contributed by atoms with van der Waals surface area (Å²) in [5.74, 6) is -0.0594. The maximum atomic E-state index is 11.0. The van der Waals surface area contributed by atoms with Gasteiger partial charge in [-0.05, 0) is 18.2 Å². The van der Waals surface area contributed by atoms with Crippen LogP contribution in [0.5, 0.6) is 11.5 Å². The van der Waals surface area contributed by atoms with Crippen molar-refractivity contribution in [3.63, 3.8) is 0 Å².